The van der Waals surface area contributed by atoms with Gasteiger partial charge in [0.25, 0.3) is 6.43 Å². The fourth-order valence-electron chi connectivity index (χ4n) is 1.63. The van der Waals surface area contributed by atoms with Crippen LogP contribution >= 0.6 is 22.9 Å². The van der Waals surface area contributed by atoms with Gasteiger partial charge in [-0.25, -0.2) is 8.78 Å². The van der Waals surface area contributed by atoms with Crippen LogP contribution in [0.15, 0.2) is 6.33 Å². The third-order valence-corrected chi connectivity index (χ3v) is 3.94. The smallest absolute Gasteiger partial charge is 0.261 e. The molecule has 0 aliphatic carbocycles. The van der Waals surface area contributed by atoms with Crippen LogP contribution in [0.3, 0.4) is 0 Å². The zero-order chi connectivity index (χ0) is 13.6. The van der Waals surface area contributed by atoms with Crippen molar-refractivity contribution in [3.63, 3.8) is 0 Å². The van der Waals surface area contributed by atoms with E-state index in [9.17, 15) is 8.78 Å². The summed E-state index contributed by atoms with van der Waals surface area (Å²) in [7, 11) is 0. The topological polar surface area (TPSA) is 60.9 Å². The number of fused-ring (bicyclic) bond motifs is 1. The van der Waals surface area contributed by atoms with Gasteiger partial charge in [0, 0.05) is 0 Å². The molecule has 0 amide bonds. The van der Waals surface area contributed by atoms with Crippen molar-refractivity contribution in [1.82, 2.24) is 29.6 Å². The van der Waals surface area contributed by atoms with Gasteiger partial charge in [-0.15, -0.1) is 10.2 Å². The van der Waals surface area contributed by atoms with E-state index >= 15 is 0 Å². The molecule has 0 aliphatic rings. The van der Waals surface area contributed by atoms with Gasteiger partial charge >= 0.3 is 0 Å². The molecule has 0 radical (unpaired) electrons. The fourth-order valence-corrected chi connectivity index (χ4v) is 2.65. The first-order valence-electron chi connectivity index (χ1n) is 5.23. The van der Waals surface area contributed by atoms with Crippen molar-refractivity contribution in [3.8, 4) is 0 Å². The maximum atomic E-state index is 12.7. The number of halogens is 3. The summed E-state index contributed by atoms with van der Waals surface area (Å²) in [5, 5.41) is 16.2. The third kappa shape index (κ3) is 2.08. The molecule has 10 heteroatoms. The zero-order valence-electron chi connectivity index (χ0n) is 9.59. The minimum atomic E-state index is -2.69. The van der Waals surface area contributed by atoms with Crippen molar-refractivity contribution in [3.05, 3.63) is 27.7 Å². The molecule has 0 spiro atoms. The summed E-state index contributed by atoms with van der Waals surface area (Å²) in [6.07, 6.45) is -1.21. The largest absolute Gasteiger partial charge is 0.283 e. The fraction of sp³-hybridized carbons (Fsp3) is 0.333. The predicted molar refractivity (Wildman–Crippen MR) is 64.7 cm³/mol. The summed E-state index contributed by atoms with van der Waals surface area (Å²) in [5.41, 5.74) is 0.0881. The quantitative estimate of drug-likeness (QED) is 0.745. The average Bonchev–Trinajstić information content (AvgIpc) is 2.98. The molecule has 19 heavy (non-hydrogen) atoms. The van der Waals surface area contributed by atoms with Gasteiger partial charge in [0.15, 0.2) is 0 Å². The first kappa shape index (κ1) is 12.4. The highest BCUT2D eigenvalue weighted by Crippen LogP contribution is 2.29. The van der Waals surface area contributed by atoms with E-state index in [0.717, 1.165) is 0 Å². The Morgan fingerprint density at radius 1 is 1.42 bits per heavy atom. The number of hydrogen-bond donors (Lipinski definition) is 0. The first-order chi connectivity index (χ1) is 9.06. The van der Waals surface area contributed by atoms with Gasteiger partial charge in [-0.3, -0.25) is 4.68 Å². The van der Waals surface area contributed by atoms with Crippen LogP contribution in [0, 0.1) is 6.92 Å². The molecule has 0 atom stereocenters. The van der Waals surface area contributed by atoms with E-state index < -0.39 is 12.1 Å². The summed E-state index contributed by atoms with van der Waals surface area (Å²) in [4.78, 5) is 0.639. The lowest BCUT2D eigenvalue weighted by Crippen LogP contribution is -2.04. The van der Waals surface area contributed by atoms with Gasteiger partial charge in [-0.1, -0.05) is 22.9 Å². The molecule has 3 rings (SSSR count). The molecular weight excluding hydrogens is 298 g/mol. The van der Waals surface area contributed by atoms with E-state index in [-0.39, 0.29) is 11.6 Å². The van der Waals surface area contributed by atoms with E-state index in [2.05, 4.69) is 20.4 Å². The maximum Gasteiger partial charge on any atom is 0.283 e. The van der Waals surface area contributed by atoms with E-state index in [1.165, 1.54) is 26.9 Å². The van der Waals surface area contributed by atoms with Crippen LogP contribution in [0.25, 0.3) is 4.96 Å². The lowest BCUT2D eigenvalue weighted by molar-refractivity contribution is 0.145. The molecule has 0 aliphatic heterocycles. The van der Waals surface area contributed by atoms with Crippen molar-refractivity contribution < 1.29 is 8.78 Å². The summed E-state index contributed by atoms with van der Waals surface area (Å²) in [5.74, 6) is 0. The van der Waals surface area contributed by atoms with E-state index in [0.29, 0.717) is 15.7 Å². The number of nitrogens with zero attached hydrogens (tertiary/aromatic N) is 6. The van der Waals surface area contributed by atoms with Gasteiger partial charge < -0.3 is 0 Å². The highest BCUT2D eigenvalue weighted by Gasteiger charge is 2.21. The molecule has 0 saturated heterocycles. The Labute approximate surface area is 114 Å². The SMILES string of the molecule is Cc1c(Cl)c(C(F)F)nn1Cc1nn2cnnc2s1. The van der Waals surface area contributed by atoms with Crippen molar-refractivity contribution in [2.45, 2.75) is 19.9 Å². The van der Waals surface area contributed by atoms with Crippen molar-refractivity contribution in [2.75, 3.05) is 0 Å². The molecule has 0 unspecified atom stereocenters. The molecule has 0 N–H and O–H groups in total. The van der Waals surface area contributed by atoms with Crippen LogP contribution in [0.5, 0.6) is 0 Å². The number of hydrogen-bond acceptors (Lipinski definition) is 5. The molecule has 0 aromatic carbocycles. The normalized spacial score (nSPS) is 11.8. The van der Waals surface area contributed by atoms with Gasteiger partial charge in [0.2, 0.25) is 4.96 Å². The second-order valence-electron chi connectivity index (χ2n) is 3.80. The molecule has 0 bridgehead atoms. The molecule has 3 heterocycles. The second kappa shape index (κ2) is 4.49. The minimum Gasteiger partial charge on any atom is -0.261 e. The molecule has 0 fully saturated rings. The maximum absolute atomic E-state index is 12.7. The van der Waals surface area contributed by atoms with Gasteiger partial charge in [-0.05, 0) is 6.92 Å². The van der Waals surface area contributed by atoms with E-state index in [1.54, 1.807) is 6.92 Å². The second-order valence-corrected chi connectivity index (χ2v) is 5.22. The average molecular weight is 305 g/mol. The van der Waals surface area contributed by atoms with Crippen LogP contribution in [-0.2, 0) is 6.54 Å². The molecule has 0 saturated carbocycles. The molecule has 3 aromatic rings. The molecule has 6 nitrogen and oxygen atoms in total. The molecule has 3 aromatic heterocycles. The van der Waals surface area contributed by atoms with Crippen LogP contribution < -0.4 is 0 Å². The van der Waals surface area contributed by atoms with Gasteiger partial charge in [-0.2, -0.15) is 14.7 Å². The summed E-state index contributed by atoms with van der Waals surface area (Å²) >= 11 is 7.14. The molecule has 100 valence electrons. The van der Waals surface area contributed by atoms with Gasteiger partial charge in [0.1, 0.15) is 17.0 Å². The molecular formula is C9H7ClF2N6S. The van der Waals surface area contributed by atoms with E-state index in [4.69, 9.17) is 11.6 Å². The Bertz CT molecular complexity index is 704. The summed E-state index contributed by atoms with van der Waals surface area (Å²) < 4.78 is 28.3. The Hall–Kier alpha value is -1.61. The van der Waals surface area contributed by atoms with Crippen molar-refractivity contribution in [1.29, 1.82) is 0 Å². The third-order valence-electron chi connectivity index (χ3n) is 2.58. The highest BCUT2D eigenvalue weighted by atomic mass is 35.5. The van der Waals surface area contributed by atoms with Crippen LogP contribution in [0.2, 0.25) is 5.02 Å². The predicted octanol–water partition coefficient (Wildman–Crippen LogP) is 2.33. The van der Waals surface area contributed by atoms with Crippen LogP contribution in [0.1, 0.15) is 22.8 Å². The standard InChI is InChI=1S/C9H7ClF2N6S/c1-4-6(10)7(8(11)12)16-17(4)2-5-15-18-3-13-14-9(18)19-5/h3,8H,2H2,1H3. The Morgan fingerprint density at radius 3 is 2.84 bits per heavy atom. The van der Waals surface area contributed by atoms with Crippen molar-refractivity contribution >= 4 is 27.9 Å². The van der Waals surface area contributed by atoms with Gasteiger partial charge in [0.05, 0.1) is 17.3 Å². The number of rotatable bonds is 3. The highest BCUT2D eigenvalue weighted by molar-refractivity contribution is 7.16. The summed E-state index contributed by atoms with van der Waals surface area (Å²) in [6.45, 7) is 1.91. The monoisotopic (exact) mass is 304 g/mol. The van der Waals surface area contributed by atoms with Crippen molar-refractivity contribution in [2.24, 2.45) is 0 Å². The van der Waals surface area contributed by atoms with E-state index in [1.807, 2.05) is 0 Å². The lowest BCUT2D eigenvalue weighted by Gasteiger charge is -1.99. The minimum absolute atomic E-state index is 0.00185. The Morgan fingerprint density at radius 2 is 2.21 bits per heavy atom. The van der Waals surface area contributed by atoms with Crippen LogP contribution in [0.4, 0.5) is 8.78 Å². The number of aromatic nitrogens is 6. The Balaban J connectivity index is 1.94. The lowest BCUT2D eigenvalue weighted by atomic mass is 10.4. The number of alkyl halides is 2. The Kier molecular flexibility index (Phi) is 2.94. The van der Waals surface area contributed by atoms with Crippen LogP contribution in [-0.4, -0.2) is 29.6 Å². The first-order valence-corrected chi connectivity index (χ1v) is 6.42. The zero-order valence-corrected chi connectivity index (χ0v) is 11.2. The summed E-state index contributed by atoms with van der Waals surface area (Å²) in [6, 6.07) is 0.